The normalized spacial score (nSPS) is 18.2. The predicted molar refractivity (Wildman–Crippen MR) is 97.5 cm³/mol. The Morgan fingerprint density at radius 2 is 1.80 bits per heavy atom. The average molecular weight is 336 g/mol. The third-order valence-electron chi connectivity index (χ3n) is 5.07. The van der Waals surface area contributed by atoms with E-state index in [9.17, 15) is 4.79 Å². The highest BCUT2D eigenvalue weighted by Gasteiger charge is 2.25. The summed E-state index contributed by atoms with van der Waals surface area (Å²) in [5.74, 6) is 1.42. The fourth-order valence-corrected chi connectivity index (χ4v) is 3.40. The minimum atomic E-state index is 0.00336. The number of benzene rings is 1. The molecule has 0 radical (unpaired) electrons. The smallest absolute Gasteiger partial charge is 0.274 e. The summed E-state index contributed by atoms with van der Waals surface area (Å²) in [5, 5.41) is 3.29. The number of nitrogens with zero attached hydrogens (tertiary/aromatic N) is 3. The Morgan fingerprint density at radius 1 is 1.04 bits per heavy atom. The van der Waals surface area contributed by atoms with Crippen LogP contribution in [0.5, 0.6) is 0 Å². The van der Waals surface area contributed by atoms with Gasteiger partial charge in [0.15, 0.2) is 0 Å². The number of amides is 1. The minimum absolute atomic E-state index is 0.00336. The van der Waals surface area contributed by atoms with Gasteiger partial charge in [0.2, 0.25) is 0 Å². The molecule has 130 valence electrons. The maximum Gasteiger partial charge on any atom is 0.274 e. The highest BCUT2D eigenvalue weighted by atomic mass is 16.2. The first-order chi connectivity index (χ1) is 12.3. The van der Waals surface area contributed by atoms with E-state index >= 15 is 0 Å². The predicted octanol–water partition coefficient (Wildman–Crippen LogP) is 3.15. The van der Waals surface area contributed by atoms with Crippen LogP contribution < -0.4 is 5.32 Å². The molecule has 2 fully saturated rings. The van der Waals surface area contributed by atoms with Crippen molar-refractivity contribution in [2.24, 2.45) is 5.92 Å². The van der Waals surface area contributed by atoms with Crippen LogP contribution in [0.1, 0.15) is 41.7 Å². The first-order valence-electron chi connectivity index (χ1n) is 9.20. The first kappa shape index (κ1) is 16.1. The average Bonchev–Trinajstić information content (AvgIpc) is 3.47. The van der Waals surface area contributed by atoms with Gasteiger partial charge < -0.3 is 10.2 Å². The molecule has 1 aromatic carbocycles. The van der Waals surface area contributed by atoms with Crippen LogP contribution in [0.3, 0.4) is 0 Å². The second-order valence-electron chi connectivity index (χ2n) is 7.13. The summed E-state index contributed by atoms with van der Waals surface area (Å²) >= 11 is 0. The van der Waals surface area contributed by atoms with Gasteiger partial charge in [0, 0.05) is 19.1 Å². The molecule has 0 bridgehead atoms. The Kier molecular flexibility index (Phi) is 4.63. The number of nitrogens with one attached hydrogen (secondary N) is 1. The van der Waals surface area contributed by atoms with Crippen molar-refractivity contribution in [2.45, 2.75) is 38.1 Å². The monoisotopic (exact) mass is 336 g/mol. The highest BCUT2D eigenvalue weighted by molar-refractivity contribution is 5.92. The molecule has 2 heterocycles. The van der Waals surface area contributed by atoms with E-state index in [-0.39, 0.29) is 5.91 Å². The number of rotatable bonds is 5. The van der Waals surface area contributed by atoms with E-state index in [0.29, 0.717) is 17.7 Å². The molecule has 1 saturated carbocycles. The second-order valence-corrected chi connectivity index (χ2v) is 7.13. The molecular weight excluding hydrogens is 312 g/mol. The van der Waals surface area contributed by atoms with Crippen molar-refractivity contribution in [1.82, 2.24) is 14.9 Å². The number of anilines is 1. The van der Waals surface area contributed by atoms with Gasteiger partial charge in [-0.2, -0.15) is 0 Å². The zero-order valence-electron chi connectivity index (χ0n) is 14.4. The van der Waals surface area contributed by atoms with Crippen LogP contribution in [0.25, 0.3) is 0 Å². The Labute approximate surface area is 148 Å². The number of carbonyl (C=O) groups is 1. The topological polar surface area (TPSA) is 58.1 Å². The molecule has 2 aliphatic rings. The van der Waals surface area contributed by atoms with Gasteiger partial charge >= 0.3 is 0 Å². The third-order valence-corrected chi connectivity index (χ3v) is 5.07. The molecule has 1 saturated heterocycles. The van der Waals surface area contributed by atoms with Gasteiger partial charge in [-0.3, -0.25) is 4.79 Å². The van der Waals surface area contributed by atoms with E-state index in [4.69, 9.17) is 0 Å². The van der Waals surface area contributed by atoms with Crippen molar-refractivity contribution in [1.29, 1.82) is 0 Å². The van der Waals surface area contributed by atoms with Crippen molar-refractivity contribution >= 4 is 11.7 Å². The number of carbonyl (C=O) groups excluding carboxylic acids is 1. The first-order valence-corrected chi connectivity index (χ1v) is 9.20. The summed E-state index contributed by atoms with van der Waals surface area (Å²) in [6, 6.07) is 11.1. The zero-order chi connectivity index (χ0) is 17.1. The fourth-order valence-electron chi connectivity index (χ4n) is 3.40. The van der Waals surface area contributed by atoms with E-state index in [0.717, 1.165) is 38.2 Å². The Balaban J connectivity index is 1.30. The van der Waals surface area contributed by atoms with Gasteiger partial charge in [0.1, 0.15) is 11.5 Å². The standard InChI is InChI=1S/C20H24N4O/c25-20(18-13-22-19(14-21-18)23-17-6-7-17)24-10-8-16(9-11-24)12-15-4-2-1-3-5-15/h1-5,13-14,16-17H,6-12H2,(H,22,23). The summed E-state index contributed by atoms with van der Waals surface area (Å²) in [7, 11) is 0. The van der Waals surface area contributed by atoms with Gasteiger partial charge in [0.25, 0.3) is 5.91 Å². The Morgan fingerprint density at radius 3 is 2.44 bits per heavy atom. The summed E-state index contributed by atoms with van der Waals surface area (Å²) in [6.07, 6.45) is 8.87. The molecular formula is C20H24N4O. The van der Waals surface area contributed by atoms with Crippen molar-refractivity contribution in [3.63, 3.8) is 0 Å². The second kappa shape index (κ2) is 7.21. The van der Waals surface area contributed by atoms with Crippen LogP contribution in [-0.4, -0.2) is 39.9 Å². The van der Waals surface area contributed by atoms with E-state index < -0.39 is 0 Å². The largest absolute Gasteiger partial charge is 0.366 e. The molecule has 2 aromatic rings. The highest BCUT2D eigenvalue weighted by Crippen LogP contribution is 2.24. The summed E-state index contributed by atoms with van der Waals surface area (Å²) in [4.78, 5) is 23.2. The number of hydrogen-bond donors (Lipinski definition) is 1. The third kappa shape index (κ3) is 4.16. The van der Waals surface area contributed by atoms with Gasteiger partial charge in [-0.25, -0.2) is 9.97 Å². The van der Waals surface area contributed by atoms with Crippen LogP contribution in [0.15, 0.2) is 42.7 Å². The number of aromatic nitrogens is 2. The van der Waals surface area contributed by atoms with Gasteiger partial charge in [-0.05, 0) is 43.6 Å². The molecule has 0 unspecified atom stereocenters. The van der Waals surface area contributed by atoms with E-state index in [1.54, 1.807) is 12.4 Å². The number of hydrogen-bond acceptors (Lipinski definition) is 4. The minimum Gasteiger partial charge on any atom is -0.366 e. The van der Waals surface area contributed by atoms with Gasteiger partial charge in [-0.1, -0.05) is 30.3 Å². The lowest BCUT2D eigenvalue weighted by molar-refractivity contribution is 0.0684. The van der Waals surface area contributed by atoms with E-state index in [1.807, 2.05) is 4.90 Å². The Bertz CT molecular complexity index is 704. The molecule has 1 N–H and O–H groups in total. The maximum atomic E-state index is 12.6. The van der Waals surface area contributed by atoms with Gasteiger partial charge in [0.05, 0.1) is 12.4 Å². The Hall–Kier alpha value is -2.43. The van der Waals surface area contributed by atoms with E-state index in [2.05, 4.69) is 45.6 Å². The number of piperidine rings is 1. The maximum absolute atomic E-state index is 12.6. The van der Waals surface area contributed by atoms with Crippen molar-refractivity contribution in [3.05, 3.63) is 54.0 Å². The molecule has 4 rings (SSSR count). The lowest BCUT2D eigenvalue weighted by atomic mass is 9.90. The fraction of sp³-hybridized carbons (Fsp3) is 0.450. The lowest BCUT2D eigenvalue weighted by Gasteiger charge is -2.31. The van der Waals surface area contributed by atoms with Crippen LogP contribution in [0.2, 0.25) is 0 Å². The lowest BCUT2D eigenvalue weighted by Crippen LogP contribution is -2.39. The summed E-state index contributed by atoms with van der Waals surface area (Å²) < 4.78 is 0. The van der Waals surface area contributed by atoms with Gasteiger partial charge in [-0.15, -0.1) is 0 Å². The molecule has 0 atom stereocenters. The summed E-state index contributed by atoms with van der Waals surface area (Å²) in [5.41, 5.74) is 1.83. The van der Waals surface area contributed by atoms with E-state index in [1.165, 1.54) is 18.4 Å². The van der Waals surface area contributed by atoms with Crippen molar-refractivity contribution in [2.75, 3.05) is 18.4 Å². The molecule has 1 aliphatic carbocycles. The van der Waals surface area contributed by atoms with Crippen LogP contribution in [-0.2, 0) is 6.42 Å². The van der Waals surface area contributed by atoms with Crippen LogP contribution >= 0.6 is 0 Å². The number of likely N-dealkylation sites (tertiary alicyclic amines) is 1. The molecule has 25 heavy (non-hydrogen) atoms. The molecule has 5 nitrogen and oxygen atoms in total. The summed E-state index contributed by atoms with van der Waals surface area (Å²) in [6.45, 7) is 1.61. The quantitative estimate of drug-likeness (QED) is 0.911. The molecule has 5 heteroatoms. The van der Waals surface area contributed by atoms with Crippen molar-refractivity contribution in [3.8, 4) is 0 Å². The van der Waals surface area contributed by atoms with Crippen molar-refractivity contribution < 1.29 is 4.79 Å². The molecule has 1 aromatic heterocycles. The molecule has 1 aliphatic heterocycles. The van der Waals surface area contributed by atoms with Crippen LogP contribution in [0.4, 0.5) is 5.82 Å². The zero-order valence-corrected chi connectivity index (χ0v) is 14.4. The SMILES string of the molecule is O=C(c1cnc(NC2CC2)cn1)N1CCC(Cc2ccccc2)CC1. The molecule has 1 amide bonds. The van der Waals surface area contributed by atoms with Crippen LogP contribution in [0, 0.1) is 5.92 Å². The molecule has 0 spiro atoms.